The van der Waals surface area contributed by atoms with Crippen molar-refractivity contribution < 1.29 is 14.3 Å². The van der Waals surface area contributed by atoms with Crippen molar-refractivity contribution in [3.05, 3.63) is 18.2 Å². The van der Waals surface area contributed by atoms with Gasteiger partial charge < -0.3 is 20.1 Å². The van der Waals surface area contributed by atoms with Crippen molar-refractivity contribution in [1.82, 2.24) is 5.32 Å². The number of hydrogen-bond donors (Lipinski definition) is 2. The summed E-state index contributed by atoms with van der Waals surface area (Å²) >= 11 is 0. The highest BCUT2D eigenvalue weighted by Crippen LogP contribution is 2.32. The number of hydrogen-bond acceptors (Lipinski definition) is 4. The Balaban J connectivity index is 1.67. The quantitative estimate of drug-likeness (QED) is 0.845. The molecule has 0 unspecified atom stereocenters. The van der Waals surface area contributed by atoms with E-state index in [2.05, 4.69) is 10.6 Å². The number of ether oxygens (including phenoxy) is 2. The molecule has 2 aliphatic rings. The molecule has 5 heteroatoms. The monoisotopic (exact) mass is 262 g/mol. The summed E-state index contributed by atoms with van der Waals surface area (Å²) in [5.74, 6) is 1.57. The molecule has 1 aromatic rings. The van der Waals surface area contributed by atoms with E-state index in [1.807, 2.05) is 18.2 Å². The van der Waals surface area contributed by atoms with Crippen LogP contribution in [-0.2, 0) is 4.79 Å². The fourth-order valence-electron chi connectivity index (χ4n) is 2.44. The first-order chi connectivity index (χ1) is 9.33. The average molecular weight is 262 g/mol. The number of benzene rings is 1. The molecule has 2 N–H and O–H groups in total. The molecule has 1 aromatic carbocycles. The maximum absolute atomic E-state index is 12.1. The molecule has 1 amide bonds. The number of rotatable bonds is 2. The lowest BCUT2D eigenvalue weighted by Gasteiger charge is -2.23. The molecule has 0 aliphatic carbocycles. The minimum Gasteiger partial charge on any atom is -0.486 e. The Hall–Kier alpha value is -1.75. The molecule has 0 radical (unpaired) electrons. The molecule has 0 aromatic heterocycles. The maximum atomic E-state index is 12.1. The van der Waals surface area contributed by atoms with Crippen molar-refractivity contribution in [2.24, 2.45) is 5.92 Å². The second-order valence-electron chi connectivity index (χ2n) is 4.89. The molecule has 5 nitrogen and oxygen atoms in total. The minimum absolute atomic E-state index is 0.0574. The molecular weight excluding hydrogens is 244 g/mol. The van der Waals surface area contributed by atoms with Crippen LogP contribution in [0.4, 0.5) is 5.69 Å². The van der Waals surface area contributed by atoms with Gasteiger partial charge in [0.05, 0.1) is 5.92 Å². The van der Waals surface area contributed by atoms with Gasteiger partial charge in [-0.2, -0.15) is 0 Å². The second-order valence-corrected chi connectivity index (χ2v) is 4.89. The largest absolute Gasteiger partial charge is 0.486 e. The molecule has 0 bridgehead atoms. The van der Waals surface area contributed by atoms with Gasteiger partial charge in [-0.05, 0) is 31.5 Å². The predicted octanol–water partition coefficient (Wildman–Crippen LogP) is 1.40. The van der Waals surface area contributed by atoms with E-state index >= 15 is 0 Å². The van der Waals surface area contributed by atoms with Crippen LogP contribution in [0.25, 0.3) is 0 Å². The van der Waals surface area contributed by atoms with E-state index in [1.54, 1.807) is 0 Å². The molecule has 2 aliphatic heterocycles. The van der Waals surface area contributed by atoms with Gasteiger partial charge in [0.15, 0.2) is 11.5 Å². The number of fused-ring (bicyclic) bond motifs is 1. The van der Waals surface area contributed by atoms with Crippen LogP contribution in [0.2, 0.25) is 0 Å². The first-order valence-corrected chi connectivity index (χ1v) is 6.74. The van der Waals surface area contributed by atoms with Crippen LogP contribution in [0.15, 0.2) is 18.2 Å². The van der Waals surface area contributed by atoms with E-state index in [-0.39, 0.29) is 11.8 Å². The Morgan fingerprint density at radius 3 is 2.89 bits per heavy atom. The van der Waals surface area contributed by atoms with E-state index in [0.29, 0.717) is 19.0 Å². The maximum Gasteiger partial charge on any atom is 0.228 e. The van der Waals surface area contributed by atoms with Gasteiger partial charge in [-0.25, -0.2) is 0 Å². The van der Waals surface area contributed by atoms with Crippen molar-refractivity contribution in [3.63, 3.8) is 0 Å². The van der Waals surface area contributed by atoms with Crippen LogP contribution in [0.5, 0.6) is 11.5 Å². The molecule has 1 fully saturated rings. The van der Waals surface area contributed by atoms with Gasteiger partial charge in [0.2, 0.25) is 5.91 Å². The van der Waals surface area contributed by atoms with Crippen molar-refractivity contribution in [1.29, 1.82) is 0 Å². The molecule has 2 heterocycles. The van der Waals surface area contributed by atoms with Crippen LogP contribution in [0.1, 0.15) is 12.8 Å². The van der Waals surface area contributed by atoms with Crippen LogP contribution in [0, 0.1) is 5.92 Å². The highest BCUT2D eigenvalue weighted by molar-refractivity contribution is 5.93. The summed E-state index contributed by atoms with van der Waals surface area (Å²) in [5, 5.41) is 6.19. The van der Waals surface area contributed by atoms with Crippen molar-refractivity contribution in [2.45, 2.75) is 12.8 Å². The van der Waals surface area contributed by atoms with Gasteiger partial charge in [0.25, 0.3) is 0 Å². The van der Waals surface area contributed by atoms with Crippen LogP contribution >= 0.6 is 0 Å². The highest BCUT2D eigenvalue weighted by Gasteiger charge is 2.21. The van der Waals surface area contributed by atoms with Crippen LogP contribution in [0.3, 0.4) is 0 Å². The van der Waals surface area contributed by atoms with Crippen molar-refractivity contribution in [2.75, 3.05) is 31.6 Å². The third kappa shape index (κ3) is 2.81. The third-order valence-corrected chi connectivity index (χ3v) is 3.48. The molecule has 19 heavy (non-hydrogen) atoms. The SMILES string of the molecule is O=C(Nc1ccc2c(c1)OCCO2)[C@H]1CCCNC1. The average Bonchev–Trinajstić information content (AvgIpc) is 2.48. The molecule has 102 valence electrons. The van der Waals surface area contributed by atoms with Gasteiger partial charge in [0, 0.05) is 18.3 Å². The number of nitrogens with one attached hydrogen (secondary N) is 2. The van der Waals surface area contributed by atoms with Crippen molar-refractivity contribution in [3.8, 4) is 11.5 Å². The van der Waals surface area contributed by atoms with Crippen LogP contribution in [-0.4, -0.2) is 32.2 Å². The van der Waals surface area contributed by atoms with Gasteiger partial charge in [-0.1, -0.05) is 0 Å². The zero-order valence-corrected chi connectivity index (χ0v) is 10.8. The summed E-state index contributed by atoms with van der Waals surface area (Å²) < 4.78 is 11.0. The lowest BCUT2D eigenvalue weighted by Crippen LogP contribution is -2.37. The van der Waals surface area contributed by atoms with Gasteiger partial charge >= 0.3 is 0 Å². The zero-order valence-electron chi connectivity index (χ0n) is 10.8. The van der Waals surface area contributed by atoms with E-state index in [1.165, 1.54) is 0 Å². The summed E-state index contributed by atoms with van der Waals surface area (Å²) in [6.45, 7) is 2.90. The summed E-state index contributed by atoms with van der Waals surface area (Å²) in [4.78, 5) is 12.1. The Bertz CT molecular complexity index is 470. The fourth-order valence-corrected chi connectivity index (χ4v) is 2.44. The van der Waals surface area contributed by atoms with Gasteiger partial charge in [-0.15, -0.1) is 0 Å². The lowest BCUT2D eigenvalue weighted by molar-refractivity contribution is -0.120. The second kappa shape index (κ2) is 5.48. The highest BCUT2D eigenvalue weighted by atomic mass is 16.6. The first-order valence-electron chi connectivity index (χ1n) is 6.74. The van der Waals surface area contributed by atoms with Crippen molar-refractivity contribution >= 4 is 11.6 Å². The number of piperidine rings is 1. The lowest BCUT2D eigenvalue weighted by atomic mass is 9.99. The zero-order chi connectivity index (χ0) is 13.1. The van der Waals surface area contributed by atoms with E-state index in [0.717, 1.165) is 37.4 Å². The number of anilines is 1. The Labute approximate surface area is 112 Å². The summed E-state index contributed by atoms with van der Waals surface area (Å²) in [6, 6.07) is 5.51. The normalized spacial score (nSPS) is 21.8. The first kappa shape index (κ1) is 12.3. The van der Waals surface area contributed by atoms with E-state index < -0.39 is 0 Å². The fraction of sp³-hybridized carbons (Fsp3) is 0.500. The Morgan fingerprint density at radius 2 is 2.11 bits per heavy atom. The standard InChI is InChI=1S/C14H18N2O3/c17-14(10-2-1-5-15-9-10)16-11-3-4-12-13(8-11)19-7-6-18-12/h3-4,8,10,15H,1-2,5-7,9H2,(H,16,17)/t10-/m0/s1. The molecule has 3 rings (SSSR count). The summed E-state index contributed by atoms with van der Waals surface area (Å²) in [7, 11) is 0. The molecule has 0 spiro atoms. The van der Waals surface area contributed by atoms with E-state index in [4.69, 9.17) is 9.47 Å². The summed E-state index contributed by atoms with van der Waals surface area (Å²) in [5.41, 5.74) is 0.764. The van der Waals surface area contributed by atoms with E-state index in [9.17, 15) is 4.79 Å². The topological polar surface area (TPSA) is 59.6 Å². The smallest absolute Gasteiger partial charge is 0.228 e. The Morgan fingerprint density at radius 1 is 1.26 bits per heavy atom. The predicted molar refractivity (Wildman–Crippen MR) is 71.7 cm³/mol. The molecule has 1 atom stereocenters. The molecule has 0 saturated carbocycles. The van der Waals surface area contributed by atoms with Gasteiger partial charge in [0.1, 0.15) is 13.2 Å². The molecular formula is C14H18N2O3. The number of amides is 1. The van der Waals surface area contributed by atoms with Gasteiger partial charge in [-0.3, -0.25) is 4.79 Å². The number of carbonyl (C=O) groups excluding carboxylic acids is 1. The third-order valence-electron chi connectivity index (χ3n) is 3.48. The molecule has 1 saturated heterocycles. The number of carbonyl (C=O) groups is 1. The van der Waals surface area contributed by atoms with Crippen LogP contribution < -0.4 is 20.1 Å². The Kier molecular flexibility index (Phi) is 3.55. The minimum atomic E-state index is 0.0574. The summed E-state index contributed by atoms with van der Waals surface area (Å²) in [6.07, 6.45) is 2.00.